The SMILES string of the molecule is [CH2-]CN(C[CH2-])C(=O)NCC[C@H](NC(=O)C[C@H]1CC[C@H](C)[C@@H](/C(C)=C/C=C/[C@@H](C)C[C@@]2(C)O[C@@H]2[C@H](C)[C@@H](OC)[C@@H](C)O)O1)C(=O)OC.[CH3-].[Li+]. The number of nitrogens with one attached hydrogen (secondary N) is 2. The second kappa shape index (κ2) is 22.1. The molecule has 3 amide bonds. The number of nitrogens with zero attached hydrogens (tertiary/aromatic N) is 1. The molecule has 11 nitrogen and oxygen atoms in total. The average molecular weight is 672 g/mol. The maximum atomic E-state index is 13.0. The fraction of sp³-hybridized carbons (Fsp3) is 0.722. The largest absolute Gasteiger partial charge is 1.00 e. The van der Waals surface area contributed by atoms with Crippen molar-refractivity contribution in [2.75, 3.05) is 33.9 Å². The number of epoxide rings is 1. The van der Waals surface area contributed by atoms with Crippen molar-refractivity contribution >= 4 is 17.9 Å². The van der Waals surface area contributed by atoms with E-state index in [0.717, 1.165) is 24.8 Å². The molecule has 2 heterocycles. The Morgan fingerprint density at radius 3 is 2.35 bits per heavy atom. The minimum atomic E-state index is -0.890. The third-order valence-corrected chi connectivity index (χ3v) is 9.23. The number of esters is 1. The number of aliphatic hydroxyl groups is 1. The summed E-state index contributed by atoms with van der Waals surface area (Å²) in [6.45, 7) is 20.4. The number of methoxy groups -OCH3 is 2. The summed E-state index contributed by atoms with van der Waals surface area (Å²) in [5.74, 6) is -0.215. The predicted octanol–water partition coefficient (Wildman–Crippen LogP) is 1.46. The Balaban J connectivity index is 0.0000110. The Hall–Kier alpha value is -1.87. The van der Waals surface area contributed by atoms with Crippen LogP contribution in [0.5, 0.6) is 0 Å². The number of ether oxygens (including phenoxy) is 4. The molecule has 0 saturated carbocycles. The van der Waals surface area contributed by atoms with Crippen LogP contribution in [0.15, 0.2) is 23.8 Å². The van der Waals surface area contributed by atoms with Crippen LogP contribution in [-0.4, -0.2) is 104 Å². The van der Waals surface area contributed by atoms with Gasteiger partial charge < -0.3 is 60.9 Å². The van der Waals surface area contributed by atoms with Gasteiger partial charge in [0.1, 0.15) is 6.04 Å². The number of aliphatic hydroxyl groups excluding tert-OH is 1. The van der Waals surface area contributed by atoms with Crippen LogP contribution in [0.4, 0.5) is 4.79 Å². The molecule has 2 saturated heterocycles. The van der Waals surface area contributed by atoms with Crippen LogP contribution in [0.3, 0.4) is 0 Å². The zero-order valence-electron chi connectivity index (χ0n) is 31.3. The summed E-state index contributed by atoms with van der Waals surface area (Å²) in [7, 11) is 2.89. The summed E-state index contributed by atoms with van der Waals surface area (Å²) in [5.41, 5.74) is 0.840. The number of rotatable bonds is 18. The zero-order valence-corrected chi connectivity index (χ0v) is 31.3. The smallest absolute Gasteiger partial charge is 0.467 e. The summed E-state index contributed by atoms with van der Waals surface area (Å²) >= 11 is 0. The molecule has 0 bridgehead atoms. The molecular formula is C36H62LiN3O8-2. The van der Waals surface area contributed by atoms with Crippen LogP contribution >= 0.6 is 0 Å². The van der Waals surface area contributed by atoms with Gasteiger partial charge >= 0.3 is 30.9 Å². The van der Waals surface area contributed by atoms with E-state index < -0.39 is 18.1 Å². The molecule has 12 heteroatoms. The van der Waals surface area contributed by atoms with Crippen LogP contribution in [0.25, 0.3) is 0 Å². The monoisotopic (exact) mass is 671 g/mol. The fourth-order valence-electron chi connectivity index (χ4n) is 6.62. The Morgan fingerprint density at radius 2 is 1.79 bits per heavy atom. The van der Waals surface area contributed by atoms with Gasteiger partial charge in [0, 0.05) is 19.6 Å². The minimum absolute atomic E-state index is 0. The molecule has 2 aliphatic rings. The van der Waals surface area contributed by atoms with Crippen molar-refractivity contribution in [1.82, 2.24) is 15.5 Å². The van der Waals surface area contributed by atoms with E-state index >= 15 is 0 Å². The maximum absolute atomic E-state index is 13.0. The van der Waals surface area contributed by atoms with Gasteiger partial charge in [-0.3, -0.25) is 4.79 Å². The first kappa shape index (κ1) is 46.1. The van der Waals surface area contributed by atoms with E-state index in [1.165, 1.54) is 12.0 Å². The Morgan fingerprint density at radius 1 is 1.15 bits per heavy atom. The molecule has 0 unspecified atom stereocenters. The van der Waals surface area contributed by atoms with Crippen molar-refractivity contribution in [2.24, 2.45) is 17.8 Å². The number of amides is 3. The molecule has 48 heavy (non-hydrogen) atoms. The van der Waals surface area contributed by atoms with Crippen LogP contribution in [0.1, 0.15) is 73.6 Å². The second-order valence-electron chi connectivity index (χ2n) is 13.2. The van der Waals surface area contributed by atoms with Crippen molar-refractivity contribution in [2.45, 2.75) is 116 Å². The van der Waals surface area contributed by atoms with Crippen molar-refractivity contribution in [3.63, 3.8) is 0 Å². The Bertz CT molecular complexity index is 1050. The van der Waals surface area contributed by atoms with E-state index in [2.05, 4.69) is 77.3 Å². The van der Waals surface area contributed by atoms with Gasteiger partial charge in [-0.15, -0.1) is 13.1 Å². The van der Waals surface area contributed by atoms with E-state index in [4.69, 9.17) is 18.9 Å². The van der Waals surface area contributed by atoms with Gasteiger partial charge in [-0.05, 0) is 63.9 Å². The standard InChI is InChI=1S/C35H59N3O8.CH3.Li/c1-11-38(12-2)34(42)36-19-18-28(33(41)44-10)37-29(40)20-27-17-16-24(5)30(45-27)23(4)15-13-14-22(3)21-35(8)32(46-35)25(6)31(43-9)26(7)39;;/h13-15,22,24-28,30-32,39H,1-2,11-12,16-21H2,3-10H3,(H,36,42)(H,37,40);1H3;/q-2;-1;+1/b14-13+,23-15+;;/t22-,24+,25-,26-,27-,28+,30-,31-,32-,35-;;/m1../s1. The molecule has 0 aromatic rings. The van der Waals surface area contributed by atoms with Crippen LogP contribution in [0.2, 0.25) is 0 Å². The normalized spacial score (nSPS) is 26.9. The van der Waals surface area contributed by atoms with Crippen LogP contribution in [0, 0.1) is 39.0 Å². The average Bonchev–Trinajstić information content (AvgIpc) is 3.67. The summed E-state index contributed by atoms with van der Waals surface area (Å²) in [6.07, 6.45) is 7.96. The molecule has 0 aromatic heterocycles. The van der Waals surface area contributed by atoms with Gasteiger partial charge in [-0.1, -0.05) is 39.0 Å². The van der Waals surface area contributed by atoms with Crippen molar-refractivity contribution in [1.29, 1.82) is 0 Å². The first-order valence-electron chi connectivity index (χ1n) is 16.6. The van der Waals surface area contributed by atoms with Crippen molar-refractivity contribution < 1.29 is 57.3 Å². The van der Waals surface area contributed by atoms with Gasteiger partial charge in [-0.2, -0.15) is 0 Å². The van der Waals surface area contributed by atoms with Crippen molar-refractivity contribution in [3.05, 3.63) is 45.1 Å². The van der Waals surface area contributed by atoms with Gasteiger partial charge in [0.2, 0.25) is 5.91 Å². The zero-order chi connectivity index (χ0) is 34.6. The minimum Gasteiger partial charge on any atom is -0.467 e. The molecule has 0 spiro atoms. The molecule has 272 valence electrons. The molecule has 3 N–H and O–H groups in total. The van der Waals surface area contributed by atoms with Crippen LogP contribution < -0.4 is 29.5 Å². The van der Waals surface area contributed by atoms with E-state index in [-0.39, 0.29) is 113 Å². The molecule has 2 rings (SSSR count). The summed E-state index contributed by atoms with van der Waals surface area (Å²) in [5, 5.41) is 15.5. The second-order valence-corrected chi connectivity index (χ2v) is 13.2. The molecule has 10 atom stereocenters. The summed E-state index contributed by atoms with van der Waals surface area (Å²) in [6, 6.07) is -1.22. The quantitative estimate of drug-likeness (QED) is 0.0655. The van der Waals surface area contributed by atoms with Gasteiger partial charge in [0.15, 0.2) is 0 Å². The van der Waals surface area contributed by atoms with E-state index in [9.17, 15) is 19.5 Å². The topological polar surface area (TPSA) is 139 Å². The van der Waals surface area contributed by atoms with Crippen LogP contribution in [-0.2, 0) is 28.5 Å². The summed E-state index contributed by atoms with van der Waals surface area (Å²) in [4.78, 5) is 38.9. The fourth-order valence-corrected chi connectivity index (χ4v) is 6.62. The number of hydrogen-bond acceptors (Lipinski definition) is 8. The first-order valence-corrected chi connectivity index (χ1v) is 16.6. The Labute approximate surface area is 302 Å². The number of allylic oxidation sites excluding steroid dienone is 3. The van der Waals surface area contributed by atoms with Gasteiger partial charge in [0.05, 0.1) is 49.7 Å². The summed E-state index contributed by atoms with van der Waals surface area (Å²) < 4.78 is 22.9. The van der Waals surface area contributed by atoms with Crippen molar-refractivity contribution in [3.8, 4) is 0 Å². The van der Waals surface area contributed by atoms with E-state index in [1.807, 2.05) is 0 Å². The number of urea groups is 1. The van der Waals surface area contributed by atoms with Gasteiger partial charge in [-0.25, -0.2) is 9.59 Å². The van der Waals surface area contributed by atoms with E-state index in [0.29, 0.717) is 5.92 Å². The van der Waals surface area contributed by atoms with E-state index in [1.54, 1.807) is 14.0 Å². The number of carbonyl (C=O) groups is 3. The predicted molar refractivity (Wildman–Crippen MR) is 184 cm³/mol. The third-order valence-electron chi connectivity index (χ3n) is 9.23. The Kier molecular flexibility index (Phi) is 21.2. The third kappa shape index (κ3) is 13.8. The number of hydrogen-bond donors (Lipinski definition) is 3. The molecule has 2 aliphatic heterocycles. The van der Waals surface area contributed by atoms with Gasteiger partial charge in [0.25, 0.3) is 0 Å². The molecule has 0 aromatic carbocycles. The molecule has 0 radical (unpaired) electrons. The number of carbonyl (C=O) groups excluding carboxylic acids is 3. The maximum Gasteiger partial charge on any atom is 1.00 e. The first-order chi connectivity index (χ1) is 21.7. The molecule has 2 fully saturated rings. The molecular weight excluding hydrogens is 609 g/mol. The molecule has 0 aliphatic carbocycles.